The second-order valence-corrected chi connectivity index (χ2v) is 3.64. The summed E-state index contributed by atoms with van der Waals surface area (Å²) in [7, 11) is 0. The van der Waals surface area contributed by atoms with E-state index in [0.29, 0.717) is 6.54 Å². The molecule has 2 unspecified atom stereocenters. The Labute approximate surface area is 73.1 Å². The third kappa shape index (κ3) is 2.79. The van der Waals surface area contributed by atoms with Crippen molar-refractivity contribution in [2.45, 2.75) is 25.9 Å². The number of carbonyl (C=O) groups excluding carboxylic acids is 1. The third-order valence-electron chi connectivity index (χ3n) is 1.85. The Morgan fingerprint density at radius 3 is 3.00 bits per heavy atom. The maximum Gasteiger partial charge on any atom is 0.234 e. The van der Waals surface area contributed by atoms with Crippen molar-refractivity contribution in [3.05, 3.63) is 0 Å². The number of rotatable bonds is 2. The van der Waals surface area contributed by atoms with Gasteiger partial charge in [0.1, 0.15) is 0 Å². The topological polar surface area (TPSA) is 58.4 Å². The van der Waals surface area contributed by atoms with Crippen molar-refractivity contribution in [2.75, 3.05) is 19.6 Å². The fraction of sp³-hybridized carbons (Fsp3) is 0.875. The Balaban J connectivity index is 2.39. The molecule has 0 aromatic rings. The first kappa shape index (κ1) is 9.48. The van der Waals surface area contributed by atoms with Gasteiger partial charge in [-0.3, -0.25) is 9.69 Å². The first-order valence-corrected chi connectivity index (χ1v) is 4.35. The van der Waals surface area contributed by atoms with Crippen LogP contribution in [0.5, 0.6) is 0 Å². The molecule has 0 spiro atoms. The molecule has 2 atom stereocenters. The van der Waals surface area contributed by atoms with E-state index in [-0.39, 0.29) is 18.0 Å². The summed E-state index contributed by atoms with van der Waals surface area (Å²) in [6.45, 7) is 6.17. The van der Waals surface area contributed by atoms with Gasteiger partial charge in [0.05, 0.1) is 6.54 Å². The molecule has 0 aromatic heterocycles. The van der Waals surface area contributed by atoms with Crippen molar-refractivity contribution < 1.29 is 4.79 Å². The number of nitrogens with one attached hydrogen (secondary N) is 1. The lowest BCUT2D eigenvalue weighted by atomic mass is 10.2. The largest absolute Gasteiger partial charge is 0.351 e. The SMILES string of the molecule is CC(N)CN1CC(=O)NC(C)C1. The second kappa shape index (κ2) is 3.87. The highest BCUT2D eigenvalue weighted by Crippen LogP contribution is 1.99. The molecule has 4 heteroatoms. The molecule has 70 valence electrons. The lowest BCUT2D eigenvalue weighted by Gasteiger charge is -2.31. The minimum Gasteiger partial charge on any atom is -0.351 e. The molecule has 1 heterocycles. The number of hydrogen-bond donors (Lipinski definition) is 2. The van der Waals surface area contributed by atoms with E-state index in [2.05, 4.69) is 10.2 Å². The lowest BCUT2D eigenvalue weighted by molar-refractivity contribution is -0.125. The normalized spacial score (nSPS) is 28.2. The molecule has 0 radical (unpaired) electrons. The predicted octanol–water partition coefficient (Wildman–Crippen LogP) is -0.846. The summed E-state index contributed by atoms with van der Waals surface area (Å²) in [6.07, 6.45) is 0. The van der Waals surface area contributed by atoms with Crippen LogP contribution in [-0.4, -0.2) is 42.5 Å². The summed E-state index contributed by atoms with van der Waals surface area (Å²) in [6, 6.07) is 0.396. The molecule has 1 aliphatic rings. The van der Waals surface area contributed by atoms with E-state index in [1.807, 2.05) is 13.8 Å². The van der Waals surface area contributed by atoms with Crippen molar-refractivity contribution in [3.8, 4) is 0 Å². The Morgan fingerprint density at radius 2 is 2.50 bits per heavy atom. The van der Waals surface area contributed by atoms with Gasteiger partial charge in [0, 0.05) is 25.2 Å². The fourth-order valence-corrected chi connectivity index (χ4v) is 1.57. The van der Waals surface area contributed by atoms with E-state index in [1.165, 1.54) is 0 Å². The molecule has 1 fully saturated rings. The van der Waals surface area contributed by atoms with E-state index < -0.39 is 0 Å². The van der Waals surface area contributed by atoms with Gasteiger partial charge in [-0.25, -0.2) is 0 Å². The van der Waals surface area contributed by atoms with Crippen molar-refractivity contribution in [1.29, 1.82) is 0 Å². The summed E-state index contributed by atoms with van der Waals surface area (Å²) in [5.41, 5.74) is 5.64. The smallest absolute Gasteiger partial charge is 0.234 e. The molecule has 0 aliphatic carbocycles. The van der Waals surface area contributed by atoms with Crippen LogP contribution in [0.3, 0.4) is 0 Å². The maximum atomic E-state index is 11.1. The zero-order valence-corrected chi connectivity index (χ0v) is 7.71. The molecule has 1 saturated heterocycles. The predicted molar refractivity (Wildman–Crippen MR) is 47.7 cm³/mol. The van der Waals surface area contributed by atoms with Crippen LogP contribution < -0.4 is 11.1 Å². The van der Waals surface area contributed by atoms with Crippen molar-refractivity contribution >= 4 is 5.91 Å². The van der Waals surface area contributed by atoms with Gasteiger partial charge in [0.25, 0.3) is 0 Å². The highest BCUT2D eigenvalue weighted by Gasteiger charge is 2.21. The summed E-state index contributed by atoms with van der Waals surface area (Å²) in [5, 5.41) is 2.86. The number of amides is 1. The first-order valence-electron chi connectivity index (χ1n) is 4.35. The quantitative estimate of drug-likeness (QED) is 0.569. The van der Waals surface area contributed by atoms with Crippen molar-refractivity contribution in [2.24, 2.45) is 5.73 Å². The van der Waals surface area contributed by atoms with Gasteiger partial charge in [-0.05, 0) is 13.8 Å². The molecule has 4 nitrogen and oxygen atoms in total. The van der Waals surface area contributed by atoms with Crippen LogP contribution in [0, 0.1) is 0 Å². The van der Waals surface area contributed by atoms with Crippen LogP contribution >= 0.6 is 0 Å². The van der Waals surface area contributed by atoms with E-state index in [9.17, 15) is 4.79 Å². The molecular formula is C8H17N3O. The van der Waals surface area contributed by atoms with Gasteiger partial charge in [0.2, 0.25) is 5.91 Å². The Kier molecular flexibility index (Phi) is 3.05. The average Bonchev–Trinajstić information content (AvgIpc) is 1.81. The number of piperazine rings is 1. The summed E-state index contributed by atoms with van der Waals surface area (Å²) < 4.78 is 0. The van der Waals surface area contributed by atoms with E-state index in [0.717, 1.165) is 13.1 Å². The Morgan fingerprint density at radius 1 is 1.83 bits per heavy atom. The van der Waals surface area contributed by atoms with E-state index in [1.54, 1.807) is 0 Å². The molecule has 0 aromatic carbocycles. The zero-order chi connectivity index (χ0) is 9.14. The highest BCUT2D eigenvalue weighted by atomic mass is 16.2. The summed E-state index contributed by atoms with van der Waals surface area (Å²) >= 11 is 0. The Bertz CT molecular complexity index is 168. The van der Waals surface area contributed by atoms with Gasteiger partial charge in [-0.2, -0.15) is 0 Å². The summed E-state index contributed by atoms with van der Waals surface area (Å²) in [5.74, 6) is 0.106. The van der Waals surface area contributed by atoms with Crippen LogP contribution in [0.15, 0.2) is 0 Å². The minimum absolute atomic E-state index is 0.106. The van der Waals surface area contributed by atoms with E-state index in [4.69, 9.17) is 5.73 Å². The van der Waals surface area contributed by atoms with Crippen LogP contribution in [-0.2, 0) is 4.79 Å². The van der Waals surface area contributed by atoms with Gasteiger partial charge >= 0.3 is 0 Å². The molecular weight excluding hydrogens is 154 g/mol. The number of carbonyl (C=O) groups is 1. The van der Waals surface area contributed by atoms with Crippen molar-refractivity contribution in [1.82, 2.24) is 10.2 Å². The van der Waals surface area contributed by atoms with Gasteiger partial charge in [-0.15, -0.1) is 0 Å². The molecule has 3 N–H and O–H groups in total. The van der Waals surface area contributed by atoms with Gasteiger partial charge in [-0.1, -0.05) is 0 Å². The van der Waals surface area contributed by atoms with Crippen molar-refractivity contribution in [3.63, 3.8) is 0 Å². The molecule has 1 aliphatic heterocycles. The lowest BCUT2D eigenvalue weighted by Crippen LogP contribution is -2.54. The first-order chi connectivity index (χ1) is 5.58. The molecule has 1 rings (SSSR count). The monoisotopic (exact) mass is 171 g/mol. The van der Waals surface area contributed by atoms with E-state index >= 15 is 0 Å². The molecule has 12 heavy (non-hydrogen) atoms. The van der Waals surface area contributed by atoms with Crippen LogP contribution in [0.25, 0.3) is 0 Å². The fourth-order valence-electron chi connectivity index (χ4n) is 1.57. The van der Waals surface area contributed by atoms with Gasteiger partial charge in [0.15, 0.2) is 0 Å². The summed E-state index contributed by atoms with van der Waals surface area (Å²) in [4.78, 5) is 13.2. The number of nitrogens with zero attached hydrogens (tertiary/aromatic N) is 1. The van der Waals surface area contributed by atoms with Gasteiger partial charge < -0.3 is 11.1 Å². The average molecular weight is 171 g/mol. The number of nitrogens with two attached hydrogens (primary N) is 1. The Hall–Kier alpha value is -0.610. The molecule has 0 bridgehead atoms. The molecule has 0 saturated carbocycles. The standard InChI is InChI=1S/C8H17N3O/c1-6(9)3-11-4-7(2)10-8(12)5-11/h6-7H,3-5,9H2,1-2H3,(H,10,12). The number of hydrogen-bond acceptors (Lipinski definition) is 3. The highest BCUT2D eigenvalue weighted by molar-refractivity contribution is 5.79. The van der Waals surface area contributed by atoms with Crippen LogP contribution in [0.4, 0.5) is 0 Å². The maximum absolute atomic E-state index is 11.1. The van der Waals surface area contributed by atoms with Crippen LogP contribution in [0.2, 0.25) is 0 Å². The second-order valence-electron chi connectivity index (χ2n) is 3.64. The van der Waals surface area contributed by atoms with Crippen LogP contribution in [0.1, 0.15) is 13.8 Å². The minimum atomic E-state index is 0.106. The zero-order valence-electron chi connectivity index (χ0n) is 7.71. The third-order valence-corrected chi connectivity index (χ3v) is 1.85. The molecule has 1 amide bonds.